The van der Waals surface area contributed by atoms with Crippen LogP contribution in [-0.4, -0.2) is 62.3 Å². The summed E-state index contributed by atoms with van der Waals surface area (Å²) in [5.74, 6) is -9.50. The minimum Gasteiger partial charge on any atom is -0.379 e. The Bertz CT molecular complexity index is 4250. The van der Waals surface area contributed by atoms with E-state index in [9.17, 15) is 60.0 Å². The number of ketones is 1. The van der Waals surface area contributed by atoms with Gasteiger partial charge in [0.05, 0.1) is 22.2 Å². The number of hydrogen-bond acceptors (Lipinski definition) is 9. The molecule has 1 saturated heterocycles. The first kappa shape index (κ1) is 121. The van der Waals surface area contributed by atoms with E-state index in [0.717, 1.165) is 42.0 Å². The van der Waals surface area contributed by atoms with Gasteiger partial charge in [0.2, 0.25) is 5.82 Å². The number of ether oxygens (including phenoxy) is 1. The number of carbonyl (C=O) groups excluding carboxylic acids is 1. The summed E-state index contributed by atoms with van der Waals surface area (Å²) in [6, 6.07) is 84.2. The Labute approximate surface area is 733 Å². The van der Waals surface area contributed by atoms with E-state index in [0.29, 0.717) is 23.3 Å². The highest BCUT2D eigenvalue weighted by Crippen LogP contribution is 2.39. The normalized spacial score (nSPS) is 11.2. The van der Waals surface area contributed by atoms with Gasteiger partial charge in [0.1, 0.15) is 7.14 Å². The molecule has 0 amide bonds. The third kappa shape index (κ3) is 60.6. The molecule has 1 fully saturated rings. The van der Waals surface area contributed by atoms with Gasteiger partial charge in [-0.2, -0.15) is 8.42 Å². The fourth-order valence-electron chi connectivity index (χ4n) is 9.17. The number of non-ortho nitro benzene ring substituents is 2. The molecule has 0 bridgehead atoms. The molecular formula is C102H144F5N2O10PSSi. The van der Waals surface area contributed by atoms with Gasteiger partial charge in [0.25, 0.3) is 21.5 Å². The number of nitrogens with zero attached hydrogens (tertiary/aromatic N) is 2. The molecule has 11 rings (SSSR count). The van der Waals surface area contributed by atoms with Crippen molar-refractivity contribution in [1.82, 2.24) is 0 Å². The van der Waals surface area contributed by atoms with Crippen LogP contribution in [0.2, 0.25) is 26.2 Å². The standard InChI is InChI=1S/C20H18.C13H13OP.C8H5F5.C8H7NO3.C8H9NO2.C8H10.C7H8.C6H12O.C5H12.C4H12Si.C4H8.2C3H8.C3H6.CH4O3S.CH4/c1-20(17-11-5-2-6-12-17,18-13-7-3-8-14-18)19-15-9-4-10-16-19;1-15(14,12-8-4-2-5-9-12)13-10-6-3-7-11-13;1-2-3-4(9)6(11)8(13)7(12)5(3)10;1-6(10)7-2-4-8(5-3-7)9(11)12;1-2-7-3-5-8(6-4-7)9(10)11;1-2-8-6-4-3-5-7-8;1-7-5-3-2-4-6-7;1-6-4-2-3-5-7-6;2*1-5(2,3)4;1-3-4-2;3*1-3-2;1-5(2,3)4;/h2-16H,1H3;2-11H,1H3;2H2,1H3;2-5H,1H3;3-6H,2H2,1H3;3-7H,2H2,1H3;2-6H,1H3;6H,2-5H2,1H3;2*1-4H3;3H,1,4H2,2H3;2*3H2,1-2H3;3H,1H2,2H3;1H3,(H,2,3,4);1H4. The number of allylic oxidation sites excluding steroid dienone is 2. The number of rotatable bonds is 12. The number of hydrogen-bond donors (Lipinski definition) is 1. The highest BCUT2D eigenvalue weighted by Gasteiger charge is 2.31. The summed E-state index contributed by atoms with van der Waals surface area (Å²) in [4.78, 5) is 30.3. The maximum atomic E-state index is 12.7. The first-order valence-electron chi connectivity index (χ1n) is 40.9. The molecule has 10 aromatic rings. The van der Waals surface area contributed by atoms with Crippen molar-refractivity contribution in [3.8, 4) is 0 Å². The molecule has 0 aromatic heterocycles. The van der Waals surface area contributed by atoms with E-state index in [-0.39, 0.29) is 41.3 Å². The van der Waals surface area contributed by atoms with Crippen LogP contribution in [0.1, 0.15) is 206 Å². The van der Waals surface area contributed by atoms with Gasteiger partial charge in [-0.1, -0.05) is 372 Å². The molecule has 12 nitrogen and oxygen atoms in total. The Morgan fingerprint density at radius 1 is 0.525 bits per heavy atom. The van der Waals surface area contributed by atoms with Crippen molar-refractivity contribution in [3.05, 3.63) is 380 Å². The van der Waals surface area contributed by atoms with Crippen LogP contribution >= 0.6 is 7.14 Å². The zero-order chi connectivity index (χ0) is 93.2. The van der Waals surface area contributed by atoms with Gasteiger partial charge in [-0.15, -0.1) is 13.2 Å². The van der Waals surface area contributed by atoms with Gasteiger partial charge in [0.15, 0.2) is 29.1 Å². The second kappa shape index (κ2) is 69.6. The molecule has 20 heteroatoms. The van der Waals surface area contributed by atoms with E-state index in [4.69, 9.17) is 9.29 Å². The van der Waals surface area contributed by atoms with Gasteiger partial charge in [-0.25, -0.2) is 22.0 Å². The zero-order valence-corrected chi connectivity index (χ0v) is 79.0. The Kier molecular flexibility index (Phi) is 68.8. The first-order valence-corrected chi connectivity index (χ1v) is 48.9. The Hall–Kier alpha value is -9.88. The quantitative estimate of drug-likeness (QED) is 0.0106. The fraction of sp³-hybridized carbons (Fsp3) is 0.363. The molecule has 122 heavy (non-hydrogen) atoms. The molecule has 1 unspecified atom stereocenters. The molecule has 1 heterocycles. The van der Waals surface area contributed by atoms with Crippen molar-refractivity contribution in [2.75, 3.05) is 19.5 Å². The van der Waals surface area contributed by atoms with Gasteiger partial charge in [-0.3, -0.25) is 29.6 Å². The van der Waals surface area contributed by atoms with E-state index in [2.05, 4.69) is 257 Å². The summed E-state index contributed by atoms with van der Waals surface area (Å²) in [5, 5.41) is 22.2. The van der Waals surface area contributed by atoms with Gasteiger partial charge in [-0.05, 0) is 132 Å². The zero-order valence-electron chi connectivity index (χ0n) is 76.3. The topological polar surface area (TPSA) is 184 Å². The van der Waals surface area contributed by atoms with Crippen molar-refractivity contribution in [3.63, 3.8) is 0 Å². The minimum absolute atomic E-state index is 0. The van der Waals surface area contributed by atoms with Crippen molar-refractivity contribution in [1.29, 1.82) is 0 Å². The van der Waals surface area contributed by atoms with Crippen molar-refractivity contribution >= 4 is 53.1 Å². The fourth-order valence-corrected chi connectivity index (χ4v) is 11.0. The number of halogens is 5. The lowest BCUT2D eigenvalue weighted by molar-refractivity contribution is -0.385. The second-order valence-electron chi connectivity index (χ2n) is 30.8. The summed E-state index contributed by atoms with van der Waals surface area (Å²) in [7, 11) is -6.68. The molecule has 0 saturated carbocycles. The van der Waals surface area contributed by atoms with Crippen LogP contribution in [0.25, 0.3) is 0 Å². The average Bonchev–Trinajstić information content (AvgIpc) is 0.780. The van der Waals surface area contributed by atoms with E-state index in [1.165, 1.54) is 110 Å². The summed E-state index contributed by atoms with van der Waals surface area (Å²) in [6.45, 7) is 53.6. The lowest BCUT2D eigenvalue weighted by Crippen LogP contribution is -2.25. The molecule has 10 aromatic carbocycles. The second-order valence-corrected chi connectivity index (χ2v) is 41.1. The maximum absolute atomic E-state index is 12.7. The number of aryl methyl sites for hydroxylation is 3. The molecule has 1 atom stereocenters. The summed E-state index contributed by atoms with van der Waals surface area (Å²) < 4.78 is 106. The lowest BCUT2D eigenvalue weighted by Gasteiger charge is -2.31. The Balaban J connectivity index is -0.000000415. The molecular weight excluding hydrogens is 1600 g/mol. The van der Waals surface area contributed by atoms with Crippen molar-refractivity contribution < 1.29 is 58.9 Å². The van der Waals surface area contributed by atoms with Crippen molar-refractivity contribution in [2.24, 2.45) is 5.41 Å². The third-order valence-electron chi connectivity index (χ3n) is 15.1. The predicted molar refractivity (Wildman–Crippen MR) is 515 cm³/mol. The van der Waals surface area contributed by atoms with Crippen LogP contribution in [0, 0.1) is 61.7 Å². The summed E-state index contributed by atoms with van der Waals surface area (Å²) in [6.07, 6.45) is 14.2. The van der Waals surface area contributed by atoms with Gasteiger partial charge < -0.3 is 9.30 Å². The predicted octanol–water partition coefficient (Wildman–Crippen LogP) is 30.1. The summed E-state index contributed by atoms with van der Waals surface area (Å²) in [5.41, 5.74) is 8.04. The van der Waals surface area contributed by atoms with E-state index in [1.54, 1.807) is 18.2 Å². The SMILES string of the molecule is C.C=CC.C=CCC.CC(=O)c1ccc([N+](=O)[O-])cc1.CC(C)(C)C.CC(c1ccccc1)(c1ccccc1)c1ccccc1.CC1CCCCO1.CCC.CCC.CCc1c(F)c(F)c(F)c(F)c1F.CCc1ccc([N+](=O)[O-])cc1.CCc1ccccc1.CP(=O)(c1ccccc1)c1ccccc1.CS(=O)(=O)O.C[Si](C)(C)C.Cc1ccccc1. The number of carbonyl (C=O) groups is 1. The van der Waals surface area contributed by atoms with Crippen LogP contribution < -0.4 is 10.6 Å². The summed E-state index contributed by atoms with van der Waals surface area (Å²) >= 11 is 0. The molecule has 1 N–H and O–H groups in total. The number of Topliss-reactive ketones (excluding diaryl/α,β-unsaturated/α-hetero) is 1. The first-order chi connectivity index (χ1) is 56.7. The highest BCUT2D eigenvalue weighted by molar-refractivity contribution is 7.85. The largest absolute Gasteiger partial charge is 0.379 e. The van der Waals surface area contributed by atoms with Crippen LogP contribution in [0.15, 0.2) is 286 Å². The molecule has 1 aliphatic rings. The smallest absolute Gasteiger partial charge is 0.269 e. The number of nitro groups is 2. The molecule has 0 radical (unpaired) electrons. The Morgan fingerprint density at radius 2 is 0.779 bits per heavy atom. The van der Waals surface area contributed by atoms with Crippen molar-refractivity contribution in [2.45, 2.75) is 221 Å². The number of nitro benzene ring substituents is 2. The van der Waals surface area contributed by atoms with Crippen LogP contribution in [0.3, 0.4) is 0 Å². The van der Waals surface area contributed by atoms with Crippen LogP contribution in [0.5, 0.6) is 0 Å². The van der Waals surface area contributed by atoms with E-state index in [1.807, 2.05) is 112 Å². The van der Waals surface area contributed by atoms with E-state index >= 15 is 0 Å². The maximum Gasteiger partial charge on any atom is 0.269 e. The average molecular weight is 1740 g/mol. The lowest BCUT2D eigenvalue weighted by atomic mass is 9.71. The monoisotopic (exact) mass is 1740 g/mol. The molecule has 672 valence electrons. The number of benzene rings is 10. The third-order valence-corrected chi connectivity index (χ3v) is 17.7. The molecule has 0 aliphatic carbocycles. The Morgan fingerprint density at radius 3 is 0.984 bits per heavy atom. The van der Waals surface area contributed by atoms with E-state index < -0.39 is 64.9 Å². The molecule has 1 aliphatic heterocycles. The highest BCUT2D eigenvalue weighted by atomic mass is 32.2. The molecule has 0 spiro atoms. The van der Waals surface area contributed by atoms with Crippen LogP contribution in [0.4, 0.5) is 33.3 Å². The van der Waals surface area contributed by atoms with Gasteiger partial charge >= 0.3 is 0 Å². The van der Waals surface area contributed by atoms with Gasteiger partial charge in [0, 0.05) is 66.1 Å². The van der Waals surface area contributed by atoms with Crippen LogP contribution in [-0.2, 0) is 44.1 Å². The minimum atomic E-state index is -3.67.